The van der Waals surface area contributed by atoms with E-state index in [1.807, 2.05) is 4.98 Å². The number of aliphatic hydroxyl groups is 3. The molecule has 0 saturated carbocycles. The summed E-state index contributed by atoms with van der Waals surface area (Å²) in [4.78, 5) is 99.7. The molecule has 3 aliphatic rings. The first kappa shape index (κ1) is 63.1. The molecule has 0 bridgehead atoms. The number of phosphoric ester groups is 2. The Morgan fingerprint density at radius 2 is 1.31 bits per heavy atom. The van der Waals surface area contributed by atoms with Crippen molar-refractivity contribution in [2.24, 2.45) is 0 Å². The van der Waals surface area contributed by atoms with Crippen LogP contribution in [0, 0.1) is 0 Å². The number of phosphoric acid groups is 2. The molecular weight excluding hydrogens is 994 g/mol. The Kier molecular flexibility index (Phi) is 26.7. The van der Waals surface area contributed by atoms with Crippen LogP contribution in [-0.2, 0) is 72.0 Å². The molecule has 2 aromatic heterocycles. The number of esters is 1. The van der Waals surface area contributed by atoms with Crippen molar-refractivity contribution in [1.29, 1.82) is 0 Å². The third-order valence-electron chi connectivity index (χ3n) is 9.06. The van der Waals surface area contributed by atoms with Crippen LogP contribution in [-0.4, -0.2) is 128 Å². The number of allylic oxidation sites excluding steroid dienone is 5. The molecule has 3 aromatic rings. The van der Waals surface area contributed by atoms with E-state index < -0.39 is 106 Å². The van der Waals surface area contributed by atoms with Gasteiger partial charge in [0.2, 0.25) is 0 Å². The molecule has 1 aliphatic carbocycles. The van der Waals surface area contributed by atoms with E-state index in [9.17, 15) is 58.1 Å². The van der Waals surface area contributed by atoms with Crippen LogP contribution >= 0.6 is 15.6 Å². The van der Waals surface area contributed by atoms with Crippen LogP contribution < -0.4 is 31.9 Å². The number of methoxy groups -OCH3 is 1. The minimum Gasteiger partial charge on any atom is -0.756 e. The van der Waals surface area contributed by atoms with Crippen LogP contribution in [0.1, 0.15) is 47.6 Å². The van der Waals surface area contributed by atoms with E-state index in [1.165, 1.54) is 51.4 Å². The number of H-pyrrole nitrogens is 2. The first-order valence-corrected chi connectivity index (χ1v) is 23.0. The predicted octanol–water partition coefficient (Wildman–Crippen LogP) is -0.631. The summed E-state index contributed by atoms with van der Waals surface area (Å²) in [6, 6.07) is 8.37. The van der Waals surface area contributed by atoms with Gasteiger partial charge in [-0.2, -0.15) is 9.59 Å². The fraction of sp³-hybridized carbons (Fsp3) is 0.439. The largest absolute Gasteiger partial charge is 1.00 e. The molecule has 0 amide bonds. The monoisotopic (exact) mass is 1050 g/mol. The highest BCUT2D eigenvalue weighted by atomic mass is 31.2. The number of aliphatic hydroxyl groups excluding tert-OH is 3. The van der Waals surface area contributed by atoms with Crippen LogP contribution in [0.3, 0.4) is 0 Å². The molecular formula is C41H56N4O24P2. The molecule has 6 rings (SSSR count). The van der Waals surface area contributed by atoms with E-state index in [4.69, 9.17) is 46.6 Å². The lowest BCUT2D eigenvalue weighted by molar-refractivity contribution is -0.233. The Bertz CT molecular complexity index is 2610. The normalized spacial score (nSPS) is 23.5. The average molecular weight is 1050 g/mol. The van der Waals surface area contributed by atoms with E-state index >= 15 is 0 Å². The summed E-state index contributed by atoms with van der Waals surface area (Å²) in [5.74, 6) is -0.237. The summed E-state index contributed by atoms with van der Waals surface area (Å²) in [5.41, 5.74) is -1.32. The standard InChI is InChI=1S/C21H27N2O11P.C11H17N2O9P.C7H6O.CO2.CH4.H2O/c1-4-31-35(28,33-15-7-5-14(6-8-15)12-30-13(2)25)34-18-16(11-24)32-20(19(18)29-3)23-10-9-17(26)22-21(23)27;1-2-20-23(18,19)22-9-6(5-14)21-10(8(9)16)13-4-3-7(15)12-11(13)17;1-6-2-4-7(8)5-3-6;2-1-3;;/h5-10,16,18-20,24H,4,11-12H2,1-3H3,(H,22,26,27);3-4,6,8-10,14,16H,2,5H2,1H3,(H,18,19)(H,12,15,17);2-5H,1H2;;1H4;1H2/t16-,18?,19?,20-,35?;6-,8?,9?,10-;;;;/m11..../s1. The number of aromatic amines is 2. The highest BCUT2D eigenvalue weighted by Crippen LogP contribution is 2.53. The van der Waals surface area contributed by atoms with Gasteiger partial charge < -0.3 is 58.2 Å². The maximum atomic E-state index is 13.5. The topological polar surface area (TPSA) is 410 Å². The number of rotatable bonds is 17. The van der Waals surface area contributed by atoms with Gasteiger partial charge in [-0.3, -0.25) is 51.9 Å². The van der Waals surface area contributed by atoms with Gasteiger partial charge in [0.05, 0.1) is 26.4 Å². The van der Waals surface area contributed by atoms with E-state index in [0.717, 1.165) is 33.0 Å². The molecule has 71 heavy (non-hydrogen) atoms. The zero-order valence-electron chi connectivity index (χ0n) is 38.6. The molecule has 6 unspecified atom stereocenters. The summed E-state index contributed by atoms with van der Waals surface area (Å²) in [7, 11) is -7.67. The third kappa shape index (κ3) is 19.0. The summed E-state index contributed by atoms with van der Waals surface area (Å²) in [6.07, 6.45) is -1.06. The Morgan fingerprint density at radius 3 is 1.76 bits per heavy atom. The second-order valence-electron chi connectivity index (χ2n) is 13.8. The number of nitrogens with zero attached hydrogens (tertiary/aromatic N) is 2. The number of hydrogen-bond acceptors (Lipinski definition) is 23. The molecule has 30 heteroatoms. The molecule has 2 aliphatic heterocycles. The number of carbonyl (C=O) groups excluding carboxylic acids is 4. The number of benzene rings is 1. The molecule has 10 atom stereocenters. The van der Waals surface area contributed by atoms with E-state index in [-0.39, 0.29) is 51.8 Å². The third-order valence-corrected chi connectivity index (χ3v) is 11.6. The number of carbonyl (C=O) groups is 2. The highest BCUT2D eigenvalue weighted by Gasteiger charge is 2.51. The number of hydrogen-bond donors (Lipinski definition) is 5. The summed E-state index contributed by atoms with van der Waals surface area (Å²) < 4.78 is 74.1. The van der Waals surface area contributed by atoms with Gasteiger partial charge in [-0.05, 0) is 49.3 Å². The van der Waals surface area contributed by atoms with Gasteiger partial charge >= 0.3 is 32.7 Å². The minimum atomic E-state index is -4.71. The van der Waals surface area contributed by atoms with Gasteiger partial charge in [0, 0.05) is 38.6 Å². The van der Waals surface area contributed by atoms with Gasteiger partial charge in [0.25, 0.3) is 18.9 Å². The van der Waals surface area contributed by atoms with Crippen molar-refractivity contribution < 1.29 is 97.0 Å². The van der Waals surface area contributed by atoms with E-state index in [0.29, 0.717) is 5.56 Å². The molecule has 2 fully saturated rings. The lowest BCUT2D eigenvalue weighted by Gasteiger charge is -2.28. The van der Waals surface area contributed by atoms with Gasteiger partial charge in [0.15, 0.2) is 18.2 Å². The molecule has 0 spiro atoms. The number of ketones is 1. The quantitative estimate of drug-likeness (QED) is 0.0830. The van der Waals surface area contributed by atoms with Crippen molar-refractivity contribution in [3.63, 3.8) is 0 Å². The molecule has 28 nitrogen and oxygen atoms in total. The van der Waals surface area contributed by atoms with Gasteiger partial charge in [-0.1, -0.05) is 38.3 Å². The summed E-state index contributed by atoms with van der Waals surface area (Å²) >= 11 is 0. The first-order valence-electron chi connectivity index (χ1n) is 20.1. The number of nitrogens with one attached hydrogen (secondary N) is 2. The van der Waals surface area contributed by atoms with Crippen molar-refractivity contribution in [2.75, 3.05) is 33.5 Å². The van der Waals surface area contributed by atoms with Crippen molar-refractivity contribution in [2.45, 2.75) is 83.9 Å². The van der Waals surface area contributed by atoms with E-state index in [2.05, 4.69) is 16.1 Å². The molecule has 1 aromatic carbocycles. The van der Waals surface area contributed by atoms with Crippen molar-refractivity contribution >= 4 is 33.5 Å². The van der Waals surface area contributed by atoms with Crippen LogP contribution in [0.2, 0.25) is 0 Å². The predicted molar refractivity (Wildman–Crippen MR) is 241 cm³/mol. The van der Waals surface area contributed by atoms with Gasteiger partial charge in [-0.25, -0.2) is 14.2 Å². The van der Waals surface area contributed by atoms with Crippen LogP contribution in [0.15, 0.2) is 104 Å². The Labute approximate surface area is 404 Å². The zero-order chi connectivity index (χ0) is 51.5. The first-order chi connectivity index (χ1) is 32.7. The summed E-state index contributed by atoms with van der Waals surface area (Å²) in [5, 5.41) is 29.3. The highest BCUT2D eigenvalue weighted by molar-refractivity contribution is 7.49. The number of aromatic nitrogens is 4. The molecule has 394 valence electrons. The van der Waals surface area contributed by atoms with E-state index in [1.54, 1.807) is 31.2 Å². The lowest BCUT2D eigenvalue weighted by Crippen LogP contribution is -2.40. The van der Waals surface area contributed by atoms with Crippen LogP contribution in [0.4, 0.5) is 0 Å². The molecule has 7 N–H and O–H groups in total. The fourth-order valence-electron chi connectivity index (χ4n) is 6.11. The zero-order valence-corrected chi connectivity index (χ0v) is 39.4. The molecule has 0 radical (unpaired) electrons. The fourth-order valence-corrected chi connectivity index (χ4v) is 8.45. The Morgan fingerprint density at radius 1 is 0.817 bits per heavy atom. The smallest absolute Gasteiger partial charge is 0.756 e. The van der Waals surface area contributed by atoms with Crippen LogP contribution in [0.25, 0.3) is 0 Å². The minimum absolute atomic E-state index is 0. The maximum Gasteiger partial charge on any atom is 1.00 e. The Hall–Kier alpha value is -5.90. The van der Waals surface area contributed by atoms with Gasteiger partial charge in [-0.15, -0.1) is 0 Å². The SMILES string of the molecule is C.C=C1C=CC(=O)C=C1.CCOP(=O)(Oc1ccc(COC(C)=O)cc1)OC1C(OC)[C@H](n2ccc(=O)[nH]c2=O)O[C@@H]1CO.CCOP(=O)([O-])OC1C(O)[C@H](n2ccc(=O)[nH]c2=O)O[C@@H]1CO.O.O=C=O.[H+]. The lowest BCUT2D eigenvalue weighted by atomic mass is 10.1. The van der Waals surface area contributed by atoms with Crippen molar-refractivity contribution in [1.82, 2.24) is 19.1 Å². The summed E-state index contributed by atoms with van der Waals surface area (Å²) in [6.45, 7) is 6.58. The maximum absolute atomic E-state index is 13.5. The average Bonchev–Trinajstić information content (AvgIpc) is 3.79. The Balaban J connectivity index is 0.00000117. The molecule has 2 saturated heterocycles. The van der Waals surface area contributed by atoms with Gasteiger partial charge in [0.1, 0.15) is 49.0 Å². The van der Waals surface area contributed by atoms with Crippen LogP contribution in [0.5, 0.6) is 5.75 Å². The van der Waals surface area contributed by atoms with Crippen molar-refractivity contribution in [3.8, 4) is 5.75 Å². The number of ether oxygens (including phenoxy) is 4. The molecule has 4 heterocycles. The second-order valence-corrected chi connectivity index (χ2v) is 16.7. The second kappa shape index (κ2) is 30.1. The van der Waals surface area contributed by atoms with Crippen molar-refractivity contribution in [3.05, 3.63) is 132 Å².